The molecule has 0 aliphatic rings. The van der Waals surface area contributed by atoms with Gasteiger partial charge >= 0.3 is 0 Å². The number of hydrogen-bond donors (Lipinski definition) is 1. The van der Waals surface area contributed by atoms with Gasteiger partial charge in [0.05, 0.1) is 11.7 Å². The third-order valence-electron chi connectivity index (χ3n) is 2.80. The molecule has 0 amide bonds. The van der Waals surface area contributed by atoms with E-state index in [4.69, 9.17) is 5.73 Å². The van der Waals surface area contributed by atoms with Gasteiger partial charge in [-0.1, -0.05) is 0 Å². The molecule has 0 unspecified atom stereocenters. The van der Waals surface area contributed by atoms with Crippen molar-refractivity contribution in [3.05, 3.63) is 22.9 Å². The van der Waals surface area contributed by atoms with Crippen LogP contribution in [0, 0.1) is 0 Å². The summed E-state index contributed by atoms with van der Waals surface area (Å²) in [6.07, 6.45) is 3.06. The van der Waals surface area contributed by atoms with Gasteiger partial charge in [-0.15, -0.1) is 0 Å². The quantitative estimate of drug-likeness (QED) is 0.763. The van der Waals surface area contributed by atoms with Crippen LogP contribution in [0.25, 0.3) is 11.0 Å². The van der Waals surface area contributed by atoms with Gasteiger partial charge in [0.25, 0.3) is 5.56 Å². The number of rotatable bonds is 2. The van der Waals surface area contributed by atoms with Crippen molar-refractivity contribution in [1.82, 2.24) is 19.3 Å². The Labute approximate surface area is 92.7 Å². The van der Waals surface area contributed by atoms with Crippen molar-refractivity contribution in [2.24, 2.45) is 12.8 Å². The first-order chi connectivity index (χ1) is 7.47. The van der Waals surface area contributed by atoms with E-state index in [0.717, 1.165) is 0 Å². The fourth-order valence-corrected chi connectivity index (χ4v) is 1.56. The van der Waals surface area contributed by atoms with Crippen molar-refractivity contribution in [3.8, 4) is 0 Å². The second-order valence-electron chi connectivity index (χ2n) is 4.44. The number of hydrogen-bond acceptors (Lipinski definition) is 4. The standard InChI is InChI=1S/C10H15N5O/c1-10(2,5-11)15-6-12-8-7(9(15)16)4-13-14(8)3/h4,6H,5,11H2,1-3H3. The van der Waals surface area contributed by atoms with Crippen LogP contribution in [-0.2, 0) is 12.6 Å². The predicted molar refractivity (Wildman–Crippen MR) is 61.1 cm³/mol. The molecule has 0 spiro atoms. The maximum atomic E-state index is 12.2. The van der Waals surface area contributed by atoms with E-state index in [1.807, 2.05) is 13.8 Å². The topological polar surface area (TPSA) is 78.7 Å². The Balaban J connectivity index is 2.76. The number of nitrogens with zero attached hydrogens (tertiary/aromatic N) is 4. The maximum absolute atomic E-state index is 12.2. The fraction of sp³-hybridized carbons (Fsp3) is 0.500. The minimum Gasteiger partial charge on any atom is -0.328 e. The third kappa shape index (κ3) is 1.42. The molecule has 2 aromatic rings. The van der Waals surface area contributed by atoms with E-state index in [-0.39, 0.29) is 5.56 Å². The van der Waals surface area contributed by atoms with E-state index in [1.54, 1.807) is 16.3 Å². The van der Waals surface area contributed by atoms with Crippen molar-refractivity contribution >= 4 is 11.0 Å². The molecule has 2 rings (SSSR count). The van der Waals surface area contributed by atoms with Crippen LogP contribution in [0.1, 0.15) is 13.8 Å². The number of nitrogens with two attached hydrogens (primary N) is 1. The molecular formula is C10H15N5O. The fourth-order valence-electron chi connectivity index (χ4n) is 1.56. The van der Waals surface area contributed by atoms with Gasteiger partial charge < -0.3 is 5.73 Å². The van der Waals surface area contributed by atoms with Crippen molar-refractivity contribution in [2.75, 3.05) is 6.54 Å². The Kier molecular flexibility index (Phi) is 2.31. The van der Waals surface area contributed by atoms with Crippen molar-refractivity contribution in [2.45, 2.75) is 19.4 Å². The first-order valence-corrected chi connectivity index (χ1v) is 5.07. The van der Waals surface area contributed by atoms with E-state index in [9.17, 15) is 4.79 Å². The molecule has 0 fully saturated rings. The van der Waals surface area contributed by atoms with Crippen molar-refractivity contribution in [1.29, 1.82) is 0 Å². The van der Waals surface area contributed by atoms with Crippen LogP contribution < -0.4 is 11.3 Å². The van der Waals surface area contributed by atoms with E-state index in [1.165, 1.54) is 12.5 Å². The molecule has 6 heteroatoms. The Bertz CT molecular complexity index is 580. The molecule has 16 heavy (non-hydrogen) atoms. The zero-order valence-electron chi connectivity index (χ0n) is 9.64. The third-order valence-corrected chi connectivity index (χ3v) is 2.80. The van der Waals surface area contributed by atoms with Gasteiger partial charge in [-0.3, -0.25) is 14.0 Å². The molecule has 0 bridgehead atoms. The number of aromatic nitrogens is 4. The summed E-state index contributed by atoms with van der Waals surface area (Å²) in [6.45, 7) is 4.18. The molecule has 0 aliphatic carbocycles. The van der Waals surface area contributed by atoms with E-state index >= 15 is 0 Å². The maximum Gasteiger partial charge on any atom is 0.265 e. The highest BCUT2D eigenvalue weighted by Crippen LogP contribution is 2.11. The highest BCUT2D eigenvalue weighted by molar-refractivity contribution is 5.72. The summed E-state index contributed by atoms with van der Waals surface area (Å²) in [6, 6.07) is 0. The molecule has 6 nitrogen and oxygen atoms in total. The summed E-state index contributed by atoms with van der Waals surface area (Å²) in [5.74, 6) is 0. The van der Waals surface area contributed by atoms with Gasteiger partial charge in [-0.05, 0) is 13.8 Å². The van der Waals surface area contributed by atoms with E-state index < -0.39 is 5.54 Å². The minimum atomic E-state index is -0.436. The molecular weight excluding hydrogens is 206 g/mol. The van der Waals surface area contributed by atoms with Crippen LogP contribution >= 0.6 is 0 Å². The molecule has 86 valence electrons. The molecule has 0 radical (unpaired) electrons. The normalized spacial score (nSPS) is 12.2. The van der Waals surface area contributed by atoms with Gasteiger partial charge in [-0.25, -0.2) is 4.98 Å². The van der Waals surface area contributed by atoms with Gasteiger partial charge in [0.2, 0.25) is 0 Å². The van der Waals surface area contributed by atoms with Crippen molar-refractivity contribution < 1.29 is 0 Å². The van der Waals surface area contributed by atoms with Gasteiger partial charge in [0.15, 0.2) is 5.65 Å². The average molecular weight is 221 g/mol. The zero-order valence-corrected chi connectivity index (χ0v) is 9.64. The lowest BCUT2D eigenvalue weighted by atomic mass is 10.1. The molecule has 0 atom stereocenters. The van der Waals surface area contributed by atoms with Crippen LogP contribution in [0.5, 0.6) is 0 Å². The second-order valence-corrected chi connectivity index (χ2v) is 4.44. The van der Waals surface area contributed by atoms with Crippen LogP contribution in [0.15, 0.2) is 17.3 Å². The highest BCUT2D eigenvalue weighted by Gasteiger charge is 2.21. The lowest BCUT2D eigenvalue weighted by molar-refractivity contribution is 0.353. The van der Waals surface area contributed by atoms with Gasteiger partial charge in [0, 0.05) is 13.6 Å². The smallest absolute Gasteiger partial charge is 0.265 e. The van der Waals surface area contributed by atoms with Crippen LogP contribution in [-0.4, -0.2) is 25.9 Å². The Hall–Kier alpha value is -1.69. The first kappa shape index (κ1) is 10.8. The summed E-state index contributed by atoms with van der Waals surface area (Å²) >= 11 is 0. The van der Waals surface area contributed by atoms with Crippen LogP contribution in [0.2, 0.25) is 0 Å². The largest absolute Gasteiger partial charge is 0.328 e. The minimum absolute atomic E-state index is 0.103. The summed E-state index contributed by atoms with van der Waals surface area (Å²) in [7, 11) is 1.76. The molecule has 0 aliphatic heterocycles. The summed E-state index contributed by atoms with van der Waals surface area (Å²) in [5.41, 5.74) is 5.70. The molecule has 2 aromatic heterocycles. The monoisotopic (exact) mass is 221 g/mol. The molecule has 2 heterocycles. The lowest BCUT2D eigenvalue weighted by Crippen LogP contribution is -2.42. The van der Waals surface area contributed by atoms with E-state index in [2.05, 4.69) is 10.1 Å². The van der Waals surface area contributed by atoms with Crippen molar-refractivity contribution in [3.63, 3.8) is 0 Å². The first-order valence-electron chi connectivity index (χ1n) is 5.07. The average Bonchev–Trinajstić information content (AvgIpc) is 2.62. The SMILES string of the molecule is Cn1ncc2c(=O)n(C(C)(C)CN)cnc21. The Morgan fingerprint density at radius 2 is 2.19 bits per heavy atom. The Morgan fingerprint density at radius 1 is 1.50 bits per heavy atom. The van der Waals surface area contributed by atoms with Crippen LogP contribution in [0.3, 0.4) is 0 Å². The Morgan fingerprint density at radius 3 is 2.81 bits per heavy atom. The summed E-state index contributed by atoms with van der Waals surface area (Å²) in [5, 5.41) is 4.54. The molecule has 2 N–H and O–H groups in total. The predicted octanol–water partition coefficient (Wildman–Crippen LogP) is -0.176. The number of aryl methyl sites for hydroxylation is 1. The van der Waals surface area contributed by atoms with Gasteiger partial charge in [-0.2, -0.15) is 5.10 Å². The molecule has 0 saturated heterocycles. The summed E-state index contributed by atoms with van der Waals surface area (Å²) in [4.78, 5) is 16.4. The molecule has 0 aromatic carbocycles. The molecule has 0 saturated carbocycles. The lowest BCUT2D eigenvalue weighted by Gasteiger charge is -2.24. The van der Waals surface area contributed by atoms with Crippen LogP contribution in [0.4, 0.5) is 0 Å². The second kappa shape index (κ2) is 3.41. The van der Waals surface area contributed by atoms with E-state index in [0.29, 0.717) is 17.6 Å². The van der Waals surface area contributed by atoms with Gasteiger partial charge in [0.1, 0.15) is 11.7 Å². The zero-order chi connectivity index (χ0) is 11.9. The highest BCUT2D eigenvalue weighted by atomic mass is 16.1. The summed E-state index contributed by atoms with van der Waals surface area (Å²) < 4.78 is 3.13. The number of fused-ring (bicyclic) bond motifs is 1.